The van der Waals surface area contributed by atoms with Crippen LogP contribution in [-0.2, 0) is 38.7 Å². The van der Waals surface area contributed by atoms with Crippen LogP contribution in [0.2, 0.25) is 0 Å². The second kappa shape index (κ2) is 17.5. The number of aromatic amines is 1. The van der Waals surface area contributed by atoms with E-state index in [1.807, 2.05) is 91.9 Å². The standard InChI is InChI=1S/C36H43N5O6/c1-3-4-18-30(32(42)35(45)38-21-25-13-7-5-8-14-25)40-34(44)31(20-27-22-37-29-19-12-11-17-28(27)29)41-33(43)24(2)39-36(46)47-23-26-15-9-6-10-16-26/h5-17,19,22,24,30-32,37,42H,3-4,18,20-21,23H2,1-2H3,(H,38,45)(H,39,46)(H,40,44)(H,41,43)/t24?,30-,31-,32-/m0/s1. The molecule has 0 saturated heterocycles. The third kappa shape index (κ3) is 10.4. The van der Waals surface area contributed by atoms with Gasteiger partial charge in [-0.3, -0.25) is 14.4 Å². The number of alkyl carbamates (subject to hydrolysis) is 1. The molecule has 0 aliphatic heterocycles. The topological polar surface area (TPSA) is 162 Å². The number of hydrogen-bond acceptors (Lipinski definition) is 6. The highest BCUT2D eigenvalue weighted by Gasteiger charge is 2.32. The van der Waals surface area contributed by atoms with E-state index in [0.717, 1.165) is 34.0 Å². The average Bonchev–Trinajstić information content (AvgIpc) is 3.50. The Hall–Kier alpha value is -5.16. The van der Waals surface area contributed by atoms with E-state index in [1.165, 1.54) is 6.92 Å². The normalized spacial score (nSPS) is 13.5. The maximum atomic E-state index is 13.8. The van der Waals surface area contributed by atoms with E-state index in [1.54, 1.807) is 6.20 Å². The molecule has 0 fully saturated rings. The second-order valence-electron chi connectivity index (χ2n) is 11.5. The lowest BCUT2D eigenvalue weighted by Crippen LogP contribution is -2.57. The molecule has 248 valence electrons. The molecular weight excluding hydrogens is 598 g/mol. The molecule has 0 aliphatic rings. The van der Waals surface area contributed by atoms with Gasteiger partial charge in [-0.05, 0) is 36.1 Å². The summed E-state index contributed by atoms with van der Waals surface area (Å²) in [5.41, 5.74) is 3.32. The van der Waals surface area contributed by atoms with Gasteiger partial charge in [0.2, 0.25) is 11.8 Å². The number of carbonyl (C=O) groups excluding carboxylic acids is 4. The summed E-state index contributed by atoms with van der Waals surface area (Å²) in [6.07, 6.45) is 1.38. The Bertz CT molecular complexity index is 1610. The van der Waals surface area contributed by atoms with Crippen LogP contribution >= 0.6 is 0 Å². The number of H-pyrrole nitrogens is 1. The molecule has 0 spiro atoms. The van der Waals surface area contributed by atoms with Gasteiger partial charge < -0.3 is 36.1 Å². The molecular formula is C36H43N5O6. The first-order chi connectivity index (χ1) is 22.7. The molecule has 0 bridgehead atoms. The number of unbranched alkanes of at least 4 members (excludes halogenated alkanes) is 1. The Kier molecular flexibility index (Phi) is 12.9. The molecule has 6 N–H and O–H groups in total. The van der Waals surface area contributed by atoms with Gasteiger partial charge in [-0.1, -0.05) is 98.6 Å². The van der Waals surface area contributed by atoms with E-state index in [0.29, 0.717) is 12.8 Å². The van der Waals surface area contributed by atoms with E-state index < -0.39 is 48.0 Å². The monoisotopic (exact) mass is 641 g/mol. The highest BCUT2D eigenvalue weighted by Crippen LogP contribution is 2.19. The van der Waals surface area contributed by atoms with Crippen LogP contribution in [0.3, 0.4) is 0 Å². The van der Waals surface area contributed by atoms with Gasteiger partial charge in [0, 0.05) is 30.1 Å². The average molecular weight is 642 g/mol. The Morgan fingerprint density at radius 1 is 0.809 bits per heavy atom. The van der Waals surface area contributed by atoms with Gasteiger partial charge >= 0.3 is 6.09 Å². The highest BCUT2D eigenvalue weighted by atomic mass is 16.5. The number of aliphatic hydroxyl groups excluding tert-OH is 1. The lowest BCUT2D eigenvalue weighted by atomic mass is 10.0. The molecule has 1 unspecified atom stereocenters. The summed E-state index contributed by atoms with van der Waals surface area (Å²) in [6.45, 7) is 3.72. The zero-order chi connectivity index (χ0) is 33.6. The quantitative estimate of drug-likeness (QED) is 0.109. The Morgan fingerprint density at radius 3 is 2.17 bits per heavy atom. The van der Waals surface area contributed by atoms with Gasteiger partial charge in [0.15, 0.2) is 6.10 Å². The molecule has 11 heteroatoms. The summed E-state index contributed by atoms with van der Waals surface area (Å²) >= 11 is 0. The fourth-order valence-electron chi connectivity index (χ4n) is 5.12. The number of benzene rings is 3. The molecule has 4 aromatic rings. The van der Waals surface area contributed by atoms with Crippen LogP contribution in [0, 0.1) is 0 Å². The third-order valence-electron chi connectivity index (χ3n) is 7.83. The third-order valence-corrected chi connectivity index (χ3v) is 7.83. The maximum Gasteiger partial charge on any atom is 0.408 e. The number of nitrogens with one attached hydrogen (secondary N) is 5. The zero-order valence-electron chi connectivity index (χ0n) is 26.7. The zero-order valence-corrected chi connectivity index (χ0v) is 26.7. The smallest absolute Gasteiger partial charge is 0.408 e. The SMILES string of the molecule is CCCC[C@H](NC(=O)[C@H](Cc1c[nH]c2ccccc12)NC(=O)C(C)NC(=O)OCc1ccccc1)[C@H](O)C(=O)NCc1ccccc1. The van der Waals surface area contributed by atoms with Crippen LogP contribution in [0.1, 0.15) is 49.8 Å². The summed E-state index contributed by atoms with van der Waals surface area (Å²) in [7, 11) is 0. The number of hydrogen-bond donors (Lipinski definition) is 6. The van der Waals surface area contributed by atoms with Gasteiger partial charge in [-0.15, -0.1) is 0 Å². The Labute approximate surface area is 274 Å². The van der Waals surface area contributed by atoms with Crippen molar-refractivity contribution >= 4 is 34.7 Å². The number of para-hydroxylation sites is 1. The van der Waals surface area contributed by atoms with Crippen molar-refractivity contribution < 1.29 is 29.0 Å². The van der Waals surface area contributed by atoms with Gasteiger partial charge in [-0.25, -0.2) is 4.79 Å². The first-order valence-electron chi connectivity index (χ1n) is 15.9. The molecule has 1 heterocycles. The molecule has 0 saturated carbocycles. The molecule has 4 rings (SSSR count). The van der Waals surface area contributed by atoms with Crippen LogP contribution in [0.4, 0.5) is 4.79 Å². The van der Waals surface area contributed by atoms with Crippen molar-refractivity contribution in [2.45, 2.75) is 76.9 Å². The van der Waals surface area contributed by atoms with Crippen molar-refractivity contribution in [3.63, 3.8) is 0 Å². The van der Waals surface area contributed by atoms with Gasteiger partial charge in [0.05, 0.1) is 6.04 Å². The van der Waals surface area contributed by atoms with Crippen molar-refractivity contribution in [1.29, 1.82) is 0 Å². The molecule has 11 nitrogen and oxygen atoms in total. The summed E-state index contributed by atoms with van der Waals surface area (Å²) < 4.78 is 5.24. The lowest BCUT2D eigenvalue weighted by molar-refractivity contribution is -0.134. The first kappa shape index (κ1) is 34.7. The molecule has 1 aromatic heterocycles. The first-order valence-corrected chi connectivity index (χ1v) is 15.9. The Morgan fingerprint density at radius 2 is 1.47 bits per heavy atom. The molecule has 47 heavy (non-hydrogen) atoms. The summed E-state index contributed by atoms with van der Waals surface area (Å²) in [5, 5.41) is 22.7. The lowest BCUT2D eigenvalue weighted by Gasteiger charge is -2.27. The maximum absolute atomic E-state index is 13.8. The molecule has 3 aromatic carbocycles. The van der Waals surface area contributed by atoms with Gasteiger partial charge in [0.25, 0.3) is 5.91 Å². The molecule has 4 atom stereocenters. The predicted molar refractivity (Wildman–Crippen MR) is 179 cm³/mol. The number of amides is 4. The summed E-state index contributed by atoms with van der Waals surface area (Å²) in [6, 6.07) is 23.0. The van der Waals surface area contributed by atoms with Crippen molar-refractivity contribution in [1.82, 2.24) is 26.3 Å². The van der Waals surface area contributed by atoms with Crippen LogP contribution in [0.5, 0.6) is 0 Å². The van der Waals surface area contributed by atoms with Crippen LogP contribution in [-0.4, -0.2) is 58.1 Å². The summed E-state index contributed by atoms with van der Waals surface area (Å²) in [4.78, 5) is 55.7. The van der Waals surface area contributed by atoms with Crippen LogP contribution in [0.25, 0.3) is 10.9 Å². The van der Waals surface area contributed by atoms with Crippen molar-refractivity contribution in [3.8, 4) is 0 Å². The van der Waals surface area contributed by atoms with Crippen molar-refractivity contribution in [3.05, 3.63) is 108 Å². The van der Waals surface area contributed by atoms with Crippen LogP contribution in [0.15, 0.2) is 91.1 Å². The minimum Gasteiger partial charge on any atom is -0.445 e. The largest absolute Gasteiger partial charge is 0.445 e. The van der Waals surface area contributed by atoms with E-state index in [-0.39, 0.29) is 19.6 Å². The van der Waals surface area contributed by atoms with E-state index in [4.69, 9.17) is 4.74 Å². The number of ether oxygens (including phenoxy) is 1. The fourth-order valence-corrected chi connectivity index (χ4v) is 5.12. The predicted octanol–water partition coefficient (Wildman–Crippen LogP) is 3.86. The minimum atomic E-state index is -1.52. The molecule has 4 amide bonds. The van der Waals surface area contributed by atoms with Crippen molar-refractivity contribution in [2.24, 2.45) is 0 Å². The van der Waals surface area contributed by atoms with E-state index in [2.05, 4.69) is 26.3 Å². The number of fused-ring (bicyclic) bond motifs is 1. The number of aliphatic hydroxyl groups is 1. The van der Waals surface area contributed by atoms with Gasteiger partial charge in [-0.2, -0.15) is 0 Å². The molecule has 0 radical (unpaired) electrons. The highest BCUT2D eigenvalue weighted by molar-refractivity contribution is 5.92. The summed E-state index contributed by atoms with van der Waals surface area (Å²) in [5.74, 6) is -1.79. The number of aromatic nitrogens is 1. The Balaban J connectivity index is 1.45. The van der Waals surface area contributed by atoms with Crippen molar-refractivity contribution in [2.75, 3.05) is 0 Å². The fraction of sp³-hybridized carbons (Fsp3) is 0.333. The number of rotatable bonds is 16. The molecule has 0 aliphatic carbocycles. The van der Waals surface area contributed by atoms with Gasteiger partial charge in [0.1, 0.15) is 18.7 Å². The second-order valence-corrected chi connectivity index (χ2v) is 11.5. The van der Waals surface area contributed by atoms with E-state index in [9.17, 15) is 24.3 Å². The number of carbonyl (C=O) groups is 4. The minimum absolute atomic E-state index is 0.0347. The van der Waals surface area contributed by atoms with E-state index >= 15 is 0 Å². The van der Waals surface area contributed by atoms with Crippen LogP contribution < -0.4 is 21.3 Å².